The molecule has 0 fully saturated rings. The molecule has 1 unspecified atom stereocenters. The maximum Gasteiger partial charge on any atom is 0.217 e. The van der Waals surface area contributed by atoms with Crippen molar-refractivity contribution in [1.29, 1.82) is 0 Å². The van der Waals surface area contributed by atoms with Gasteiger partial charge in [-0.3, -0.25) is 0 Å². The van der Waals surface area contributed by atoms with Crippen molar-refractivity contribution in [3.63, 3.8) is 0 Å². The van der Waals surface area contributed by atoms with Crippen molar-refractivity contribution in [2.75, 3.05) is 6.54 Å². The maximum atomic E-state index is 5.96. The molecule has 2 N–H and O–H groups in total. The molecule has 0 bridgehead atoms. The lowest BCUT2D eigenvalue weighted by Crippen LogP contribution is -2.11. The molecule has 0 amide bonds. The summed E-state index contributed by atoms with van der Waals surface area (Å²) in [5.74, 6) is 1.42. The Kier molecular flexibility index (Phi) is 6.23. The second-order valence-electron chi connectivity index (χ2n) is 6.25. The van der Waals surface area contributed by atoms with E-state index in [2.05, 4.69) is 4.98 Å². The van der Waals surface area contributed by atoms with Crippen LogP contribution in [0.4, 0.5) is 0 Å². The van der Waals surface area contributed by atoms with E-state index in [4.69, 9.17) is 15.2 Å². The van der Waals surface area contributed by atoms with Crippen LogP contribution in [0.25, 0.3) is 0 Å². The fourth-order valence-electron chi connectivity index (χ4n) is 2.50. The second-order valence-corrected chi connectivity index (χ2v) is 6.25. The number of ether oxygens (including phenoxy) is 2. The van der Waals surface area contributed by atoms with Gasteiger partial charge in [0.15, 0.2) is 0 Å². The summed E-state index contributed by atoms with van der Waals surface area (Å²) < 4.78 is 11.8. The summed E-state index contributed by atoms with van der Waals surface area (Å²) in [5, 5.41) is 0. The molecule has 3 rings (SSSR count). The molecule has 2 aromatic carbocycles. The SMILES string of the molecule is CC(CN)c1cc(OCc2ccccc2)cc(OCc2ccccc2)n1. The Labute approximate surface area is 154 Å². The highest BCUT2D eigenvalue weighted by Gasteiger charge is 2.11. The lowest BCUT2D eigenvalue weighted by Gasteiger charge is -2.14. The van der Waals surface area contributed by atoms with Crippen LogP contribution in [0.15, 0.2) is 72.8 Å². The first-order valence-corrected chi connectivity index (χ1v) is 8.80. The van der Waals surface area contributed by atoms with Crippen molar-refractivity contribution in [1.82, 2.24) is 4.98 Å². The zero-order valence-electron chi connectivity index (χ0n) is 15.0. The zero-order valence-corrected chi connectivity index (χ0v) is 15.0. The van der Waals surface area contributed by atoms with Crippen molar-refractivity contribution in [2.24, 2.45) is 5.73 Å². The summed E-state index contributed by atoms with van der Waals surface area (Å²) in [5.41, 5.74) is 8.90. The average Bonchev–Trinajstić information content (AvgIpc) is 2.71. The first-order valence-electron chi connectivity index (χ1n) is 8.80. The van der Waals surface area contributed by atoms with Crippen molar-refractivity contribution < 1.29 is 9.47 Å². The van der Waals surface area contributed by atoms with E-state index >= 15 is 0 Å². The monoisotopic (exact) mass is 348 g/mol. The van der Waals surface area contributed by atoms with Gasteiger partial charge in [0, 0.05) is 24.6 Å². The molecule has 4 heteroatoms. The predicted molar refractivity (Wildman–Crippen MR) is 103 cm³/mol. The minimum absolute atomic E-state index is 0.134. The first kappa shape index (κ1) is 18.0. The van der Waals surface area contributed by atoms with E-state index in [0.29, 0.717) is 25.6 Å². The van der Waals surface area contributed by atoms with Gasteiger partial charge >= 0.3 is 0 Å². The van der Waals surface area contributed by atoms with Crippen LogP contribution in [0, 0.1) is 0 Å². The van der Waals surface area contributed by atoms with Crippen molar-refractivity contribution in [2.45, 2.75) is 26.1 Å². The summed E-state index contributed by atoms with van der Waals surface area (Å²) in [7, 11) is 0. The van der Waals surface area contributed by atoms with Crippen molar-refractivity contribution in [3.8, 4) is 11.6 Å². The number of hydrogen-bond donors (Lipinski definition) is 1. The van der Waals surface area contributed by atoms with Crippen LogP contribution in [0.2, 0.25) is 0 Å². The van der Waals surface area contributed by atoms with E-state index in [9.17, 15) is 0 Å². The van der Waals surface area contributed by atoms with Gasteiger partial charge in [0.05, 0.1) is 5.69 Å². The summed E-state index contributed by atoms with van der Waals surface area (Å²) >= 11 is 0. The highest BCUT2D eigenvalue weighted by molar-refractivity contribution is 5.32. The Morgan fingerprint density at radius 2 is 1.42 bits per heavy atom. The molecular weight excluding hydrogens is 324 g/mol. The van der Waals surface area contributed by atoms with Gasteiger partial charge in [-0.1, -0.05) is 67.6 Å². The fourth-order valence-corrected chi connectivity index (χ4v) is 2.50. The van der Waals surface area contributed by atoms with Gasteiger partial charge in [0.1, 0.15) is 19.0 Å². The van der Waals surface area contributed by atoms with Crippen molar-refractivity contribution >= 4 is 0 Å². The summed E-state index contributed by atoms with van der Waals surface area (Å²) in [6.07, 6.45) is 0. The van der Waals surface area contributed by atoms with Crippen LogP contribution >= 0.6 is 0 Å². The number of benzene rings is 2. The number of pyridine rings is 1. The van der Waals surface area contributed by atoms with Crippen LogP contribution in [0.3, 0.4) is 0 Å². The molecule has 0 saturated heterocycles. The van der Waals surface area contributed by atoms with E-state index < -0.39 is 0 Å². The number of hydrogen-bond acceptors (Lipinski definition) is 4. The average molecular weight is 348 g/mol. The van der Waals surface area contributed by atoms with Gasteiger partial charge in [-0.25, -0.2) is 4.98 Å². The van der Waals surface area contributed by atoms with E-state index in [0.717, 1.165) is 22.6 Å². The Balaban J connectivity index is 1.74. The molecule has 0 saturated carbocycles. The molecule has 0 aliphatic carbocycles. The minimum atomic E-state index is 0.134. The molecule has 0 spiro atoms. The minimum Gasteiger partial charge on any atom is -0.489 e. The van der Waals surface area contributed by atoms with Crippen LogP contribution < -0.4 is 15.2 Å². The molecule has 1 heterocycles. The van der Waals surface area contributed by atoms with E-state index in [-0.39, 0.29) is 5.92 Å². The number of nitrogens with zero attached hydrogens (tertiary/aromatic N) is 1. The normalized spacial score (nSPS) is 11.8. The first-order chi connectivity index (χ1) is 12.7. The summed E-state index contributed by atoms with van der Waals surface area (Å²) in [6, 6.07) is 23.9. The highest BCUT2D eigenvalue weighted by atomic mass is 16.5. The number of nitrogens with two attached hydrogens (primary N) is 1. The van der Waals surface area contributed by atoms with Crippen LogP contribution in [-0.4, -0.2) is 11.5 Å². The number of rotatable bonds is 8. The molecule has 1 aromatic heterocycles. The Bertz CT molecular complexity index is 745. The molecule has 134 valence electrons. The number of aromatic nitrogens is 1. The smallest absolute Gasteiger partial charge is 0.217 e. The molecule has 0 aliphatic rings. The standard InChI is InChI=1S/C22H24N2O2/c1-17(14-23)21-12-20(25-15-18-8-4-2-5-9-18)13-22(24-21)26-16-19-10-6-3-7-11-19/h2-13,17H,14-16,23H2,1H3. The zero-order chi connectivity index (χ0) is 18.2. The molecule has 4 nitrogen and oxygen atoms in total. The van der Waals surface area contributed by atoms with Gasteiger partial charge < -0.3 is 15.2 Å². The van der Waals surface area contributed by atoms with Crippen molar-refractivity contribution in [3.05, 3.63) is 89.6 Å². The third kappa shape index (κ3) is 5.07. The van der Waals surface area contributed by atoms with E-state index in [1.54, 1.807) is 0 Å². The topological polar surface area (TPSA) is 57.4 Å². The van der Waals surface area contributed by atoms with Crippen LogP contribution in [0.1, 0.15) is 29.7 Å². The highest BCUT2D eigenvalue weighted by Crippen LogP contribution is 2.25. The van der Waals surface area contributed by atoms with Gasteiger partial charge in [-0.2, -0.15) is 0 Å². The Hall–Kier alpha value is -2.85. The Morgan fingerprint density at radius 1 is 0.846 bits per heavy atom. The van der Waals surface area contributed by atoms with E-state index in [1.165, 1.54) is 0 Å². The van der Waals surface area contributed by atoms with Gasteiger partial charge in [0.2, 0.25) is 5.88 Å². The second kappa shape index (κ2) is 9.02. The molecule has 1 atom stereocenters. The maximum absolute atomic E-state index is 5.96. The third-order valence-corrected chi connectivity index (χ3v) is 4.13. The molecule has 0 radical (unpaired) electrons. The lowest BCUT2D eigenvalue weighted by molar-refractivity contribution is 0.279. The van der Waals surface area contributed by atoms with Crippen LogP contribution in [-0.2, 0) is 13.2 Å². The molecule has 26 heavy (non-hydrogen) atoms. The largest absolute Gasteiger partial charge is 0.489 e. The summed E-state index contributed by atoms with van der Waals surface area (Å²) in [4.78, 5) is 4.59. The van der Waals surface area contributed by atoms with Gasteiger partial charge in [-0.05, 0) is 11.1 Å². The fraction of sp³-hybridized carbons (Fsp3) is 0.227. The molecular formula is C22H24N2O2. The van der Waals surface area contributed by atoms with Gasteiger partial charge in [0.25, 0.3) is 0 Å². The predicted octanol–water partition coefficient (Wildman–Crippen LogP) is 4.30. The van der Waals surface area contributed by atoms with Crippen LogP contribution in [0.5, 0.6) is 11.6 Å². The third-order valence-electron chi connectivity index (χ3n) is 4.13. The summed E-state index contributed by atoms with van der Waals surface area (Å²) in [6.45, 7) is 3.53. The lowest BCUT2D eigenvalue weighted by atomic mass is 10.1. The molecule has 0 aliphatic heterocycles. The van der Waals surface area contributed by atoms with E-state index in [1.807, 2.05) is 79.7 Å². The Morgan fingerprint density at radius 3 is 2.00 bits per heavy atom. The molecule has 3 aromatic rings. The van der Waals surface area contributed by atoms with Gasteiger partial charge in [-0.15, -0.1) is 0 Å². The quantitative estimate of drug-likeness (QED) is 0.659.